The molecular formula is C19H25BrN4O3S. The van der Waals surface area contributed by atoms with Crippen LogP contribution in [0.25, 0.3) is 0 Å². The van der Waals surface area contributed by atoms with Crippen LogP contribution in [-0.4, -0.2) is 76.0 Å². The molecule has 1 aromatic heterocycles. The Bertz CT molecular complexity index is 865. The van der Waals surface area contributed by atoms with Gasteiger partial charge >= 0.3 is 0 Å². The van der Waals surface area contributed by atoms with Crippen LogP contribution in [-0.2, 0) is 10.0 Å². The third kappa shape index (κ3) is 5.22. The number of nitrogens with zero attached hydrogens (tertiary/aromatic N) is 4. The Balaban J connectivity index is 1.43. The van der Waals surface area contributed by atoms with E-state index in [1.807, 2.05) is 18.3 Å². The first-order valence-electron chi connectivity index (χ1n) is 9.10. The number of pyridine rings is 1. The number of hydrogen-bond acceptors (Lipinski definition) is 6. The van der Waals surface area contributed by atoms with Gasteiger partial charge in [-0.1, -0.05) is 0 Å². The predicted octanol–water partition coefficient (Wildman–Crippen LogP) is 2.30. The molecule has 9 heteroatoms. The summed E-state index contributed by atoms with van der Waals surface area (Å²) in [7, 11) is -0.364. The molecule has 0 bridgehead atoms. The molecule has 152 valence electrons. The molecule has 1 fully saturated rings. The highest BCUT2D eigenvalue weighted by molar-refractivity contribution is 9.10. The summed E-state index contributed by atoms with van der Waals surface area (Å²) in [5.41, 5.74) is 0. The Morgan fingerprint density at radius 3 is 2.32 bits per heavy atom. The zero-order chi connectivity index (χ0) is 20.1. The minimum Gasteiger partial charge on any atom is -0.492 e. The number of benzene rings is 1. The topological polar surface area (TPSA) is 66.0 Å². The molecule has 2 aromatic rings. The molecule has 0 spiro atoms. The van der Waals surface area contributed by atoms with E-state index < -0.39 is 10.0 Å². The summed E-state index contributed by atoms with van der Waals surface area (Å²) in [5, 5.41) is 0. The van der Waals surface area contributed by atoms with Gasteiger partial charge in [0.05, 0.1) is 4.90 Å². The molecular weight excluding hydrogens is 444 g/mol. The van der Waals surface area contributed by atoms with Crippen molar-refractivity contribution in [2.24, 2.45) is 0 Å². The van der Waals surface area contributed by atoms with Crippen molar-refractivity contribution < 1.29 is 13.2 Å². The number of rotatable bonds is 7. The highest BCUT2D eigenvalue weighted by Gasteiger charge is 2.18. The smallest absolute Gasteiger partial charge is 0.242 e. The maximum atomic E-state index is 12.1. The van der Waals surface area contributed by atoms with Crippen molar-refractivity contribution in [1.29, 1.82) is 0 Å². The van der Waals surface area contributed by atoms with Crippen LogP contribution in [0, 0.1) is 0 Å². The zero-order valence-corrected chi connectivity index (χ0v) is 18.5. The molecule has 0 unspecified atom stereocenters. The van der Waals surface area contributed by atoms with Crippen molar-refractivity contribution in [3.05, 3.63) is 47.1 Å². The predicted molar refractivity (Wildman–Crippen MR) is 113 cm³/mol. The molecule has 0 atom stereocenters. The van der Waals surface area contributed by atoms with Gasteiger partial charge in [0.2, 0.25) is 10.0 Å². The van der Waals surface area contributed by atoms with E-state index in [2.05, 4.69) is 30.7 Å². The van der Waals surface area contributed by atoms with Gasteiger partial charge in [-0.2, -0.15) is 0 Å². The number of anilines is 1. The summed E-state index contributed by atoms with van der Waals surface area (Å²) in [4.78, 5) is 9.37. The Morgan fingerprint density at radius 2 is 1.75 bits per heavy atom. The minimum absolute atomic E-state index is 0.266. The van der Waals surface area contributed by atoms with Crippen molar-refractivity contribution in [2.45, 2.75) is 4.90 Å². The second-order valence-corrected chi connectivity index (χ2v) is 9.84. The van der Waals surface area contributed by atoms with Gasteiger partial charge in [-0.3, -0.25) is 4.90 Å². The first-order valence-corrected chi connectivity index (χ1v) is 11.3. The zero-order valence-electron chi connectivity index (χ0n) is 16.1. The number of sulfonamides is 1. The van der Waals surface area contributed by atoms with E-state index in [1.165, 1.54) is 18.4 Å². The Labute approximate surface area is 175 Å². The summed E-state index contributed by atoms with van der Waals surface area (Å²) in [6.07, 6.45) is 1.82. The fourth-order valence-electron chi connectivity index (χ4n) is 2.97. The first-order chi connectivity index (χ1) is 13.4. The van der Waals surface area contributed by atoms with E-state index in [4.69, 9.17) is 4.74 Å². The van der Waals surface area contributed by atoms with Gasteiger partial charge in [0, 0.05) is 57.5 Å². The SMILES string of the molecule is CN(C)S(=O)(=O)c1ccc(OCCN2CCN(c3ccc(Br)cn3)CC2)cc1. The lowest BCUT2D eigenvalue weighted by Crippen LogP contribution is -2.47. The molecule has 0 aliphatic carbocycles. The largest absolute Gasteiger partial charge is 0.492 e. The van der Waals surface area contributed by atoms with Crippen LogP contribution >= 0.6 is 15.9 Å². The van der Waals surface area contributed by atoms with Crippen LogP contribution in [0.1, 0.15) is 0 Å². The molecule has 7 nitrogen and oxygen atoms in total. The monoisotopic (exact) mass is 468 g/mol. The van der Waals surface area contributed by atoms with E-state index in [9.17, 15) is 8.42 Å². The molecule has 1 aliphatic rings. The standard InChI is InChI=1S/C19H25BrN4O3S/c1-22(2)28(25,26)18-6-4-17(5-7-18)27-14-13-23-9-11-24(12-10-23)19-8-3-16(20)15-21-19/h3-8,15H,9-14H2,1-2H3. The summed E-state index contributed by atoms with van der Waals surface area (Å²) < 4.78 is 32.1. The van der Waals surface area contributed by atoms with Crippen LogP contribution in [0.3, 0.4) is 0 Å². The van der Waals surface area contributed by atoms with Crippen LogP contribution in [0.4, 0.5) is 5.82 Å². The highest BCUT2D eigenvalue weighted by Crippen LogP contribution is 2.19. The molecule has 28 heavy (non-hydrogen) atoms. The van der Waals surface area contributed by atoms with Crippen LogP contribution < -0.4 is 9.64 Å². The molecule has 1 saturated heterocycles. The quantitative estimate of drug-likeness (QED) is 0.620. The second kappa shape index (κ2) is 9.21. The number of aromatic nitrogens is 1. The molecule has 2 heterocycles. The number of piperazine rings is 1. The van der Waals surface area contributed by atoms with Crippen LogP contribution in [0.5, 0.6) is 5.75 Å². The number of hydrogen-bond donors (Lipinski definition) is 0. The van der Waals surface area contributed by atoms with Crippen molar-refractivity contribution in [3.63, 3.8) is 0 Å². The maximum Gasteiger partial charge on any atom is 0.242 e. The van der Waals surface area contributed by atoms with E-state index in [1.54, 1.807) is 24.3 Å². The van der Waals surface area contributed by atoms with Crippen LogP contribution in [0.15, 0.2) is 52.0 Å². The van der Waals surface area contributed by atoms with E-state index in [-0.39, 0.29) is 4.90 Å². The van der Waals surface area contributed by atoms with Crippen molar-refractivity contribution in [2.75, 3.05) is 58.3 Å². The van der Waals surface area contributed by atoms with E-state index >= 15 is 0 Å². The van der Waals surface area contributed by atoms with Gasteiger partial charge in [0.15, 0.2) is 0 Å². The third-order valence-corrected chi connectivity index (χ3v) is 6.99. The van der Waals surface area contributed by atoms with E-state index in [0.717, 1.165) is 43.0 Å². The van der Waals surface area contributed by atoms with Gasteiger partial charge < -0.3 is 9.64 Å². The molecule has 0 N–H and O–H groups in total. The molecule has 1 aliphatic heterocycles. The third-order valence-electron chi connectivity index (χ3n) is 4.69. The Hall–Kier alpha value is -1.68. The lowest BCUT2D eigenvalue weighted by Gasteiger charge is -2.35. The molecule has 3 rings (SSSR count). The maximum absolute atomic E-state index is 12.1. The second-order valence-electron chi connectivity index (χ2n) is 6.77. The van der Waals surface area contributed by atoms with Gasteiger partial charge in [-0.25, -0.2) is 17.7 Å². The van der Waals surface area contributed by atoms with Crippen LogP contribution in [0.2, 0.25) is 0 Å². The average Bonchev–Trinajstić information content (AvgIpc) is 2.69. The normalized spacial score (nSPS) is 15.8. The fourth-order valence-corrected chi connectivity index (χ4v) is 4.10. The van der Waals surface area contributed by atoms with Gasteiger partial charge in [0.25, 0.3) is 0 Å². The van der Waals surface area contributed by atoms with Crippen molar-refractivity contribution in [3.8, 4) is 5.75 Å². The minimum atomic E-state index is -3.40. The summed E-state index contributed by atoms with van der Waals surface area (Å²) in [6.45, 7) is 5.19. The highest BCUT2D eigenvalue weighted by atomic mass is 79.9. The molecule has 0 radical (unpaired) electrons. The molecule has 0 amide bonds. The van der Waals surface area contributed by atoms with Gasteiger partial charge in [0.1, 0.15) is 18.2 Å². The van der Waals surface area contributed by atoms with Crippen molar-refractivity contribution in [1.82, 2.24) is 14.2 Å². The summed E-state index contributed by atoms with van der Waals surface area (Å²) in [6, 6.07) is 10.6. The lowest BCUT2D eigenvalue weighted by atomic mass is 10.3. The Morgan fingerprint density at radius 1 is 1.07 bits per heavy atom. The summed E-state index contributed by atoms with van der Waals surface area (Å²) in [5.74, 6) is 1.68. The van der Waals surface area contributed by atoms with Gasteiger partial charge in [-0.15, -0.1) is 0 Å². The number of halogens is 1. The fraction of sp³-hybridized carbons (Fsp3) is 0.421. The molecule has 0 saturated carbocycles. The first kappa shape index (κ1) is 21.0. The average molecular weight is 469 g/mol. The van der Waals surface area contributed by atoms with Crippen molar-refractivity contribution >= 4 is 31.8 Å². The molecule has 1 aromatic carbocycles. The summed E-state index contributed by atoms with van der Waals surface area (Å²) >= 11 is 3.41. The van der Waals surface area contributed by atoms with Gasteiger partial charge in [-0.05, 0) is 52.3 Å². The van der Waals surface area contributed by atoms with E-state index in [0.29, 0.717) is 12.4 Å². The number of ether oxygens (including phenoxy) is 1. The lowest BCUT2D eigenvalue weighted by molar-refractivity contribution is 0.200. The Kier molecular flexibility index (Phi) is 6.92.